The summed E-state index contributed by atoms with van der Waals surface area (Å²) in [6.45, 7) is 0. The molecule has 2 rings (SSSR count). The van der Waals surface area contributed by atoms with Crippen LogP contribution in [0.2, 0.25) is 0 Å². The lowest BCUT2D eigenvalue weighted by Crippen LogP contribution is -2.15. The second kappa shape index (κ2) is 5.39. The lowest BCUT2D eigenvalue weighted by molar-refractivity contribution is -0.384. The van der Waals surface area contributed by atoms with Gasteiger partial charge in [0.2, 0.25) is 5.95 Å². The van der Waals surface area contributed by atoms with Gasteiger partial charge < -0.3 is 5.32 Å². The fourth-order valence-electron chi connectivity index (χ4n) is 1.51. The number of amides is 1. The summed E-state index contributed by atoms with van der Waals surface area (Å²) in [5.41, 5.74) is -1.25. The van der Waals surface area contributed by atoms with E-state index >= 15 is 0 Å². The van der Waals surface area contributed by atoms with Gasteiger partial charge in [-0.3, -0.25) is 14.9 Å². The Balaban J connectivity index is 2.35. The number of anilines is 1. The van der Waals surface area contributed by atoms with Crippen LogP contribution in [0.15, 0.2) is 36.5 Å². The van der Waals surface area contributed by atoms with Crippen molar-refractivity contribution in [1.82, 2.24) is 4.98 Å². The molecule has 0 radical (unpaired) electrons. The summed E-state index contributed by atoms with van der Waals surface area (Å²) in [5.74, 6) is -2.74. The molecule has 1 aromatic carbocycles. The molecule has 0 bridgehead atoms. The van der Waals surface area contributed by atoms with Crippen molar-refractivity contribution >= 4 is 17.3 Å². The molecule has 0 aliphatic carbocycles. The van der Waals surface area contributed by atoms with Crippen LogP contribution in [0.1, 0.15) is 10.4 Å². The molecule has 2 aromatic rings. The second-order valence-electron chi connectivity index (χ2n) is 3.71. The first kappa shape index (κ1) is 13.5. The maximum atomic E-state index is 13.3. The molecule has 0 aliphatic rings. The van der Waals surface area contributed by atoms with Crippen molar-refractivity contribution in [2.45, 2.75) is 0 Å². The third-order valence-corrected chi connectivity index (χ3v) is 2.41. The van der Waals surface area contributed by atoms with Crippen LogP contribution in [0.4, 0.5) is 20.2 Å². The van der Waals surface area contributed by atoms with Gasteiger partial charge in [0.15, 0.2) is 0 Å². The number of hydrogen-bond acceptors (Lipinski definition) is 4. The van der Waals surface area contributed by atoms with Crippen LogP contribution in [0.25, 0.3) is 0 Å². The summed E-state index contributed by atoms with van der Waals surface area (Å²) in [6, 6.07) is 5.06. The molecular formula is C12H7F2N3O3. The van der Waals surface area contributed by atoms with Crippen LogP contribution in [0, 0.1) is 21.9 Å². The molecule has 6 nitrogen and oxygen atoms in total. The van der Waals surface area contributed by atoms with E-state index in [2.05, 4.69) is 10.3 Å². The van der Waals surface area contributed by atoms with Crippen LogP contribution < -0.4 is 5.32 Å². The van der Waals surface area contributed by atoms with E-state index in [0.29, 0.717) is 0 Å². The minimum absolute atomic E-state index is 0.358. The Kier molecular flexibility index (Phi) is 3.65. The fraction of sp³-hybridized carbons (Fsp3) is 0. The van der Waals surface area contributed by atoms with Gasteiger partial charge >= 0.3 is 0 Å². The van der Waals surface area contributed by atoms with Gasteiger partial charge in [0.1, 0.15) is 11.5 Å². The smallest absolute Gasteiger partial charge is 0.292 e. The predicted octanol–water partition coefficient (Wildman–Crippen LogP) is 2.52. The normalized spacial score (nSPS) is 10.1. The Morgan fingerprint density at radius 1 is 1.30 bits per heavy atom. The van der Waals surface area contributed by atoms with E-state index in [9.17, 15) is 23.7 Å². The quantitative estimate of drug-likeness (QED) is 0.531. The standard InChI is InChI=1S/C12H7F2N3O3/c13-7-3-4-10(17(19)20)9(6-7)16-12(18)8-2-1-5-15-11(8)14/h1-6H,(H,16,18). The molecular weight excluding hydrogens is 272 g/mol. The van der Waals surface area contributed by atoms with Crippen molar-refractivity contribution < 1.29 is 18.5 Å². The van der Waals surface area contributed by atoms with E-state index in [0.717, 1.165) is 30.5 Å². The number of benzene rings is 1. The molecule has 0 spiro atoms. The van der Waals surface area contributed by atoms with Gasteiger partial charge in [-0.05, 0) is 18.2 Å². The summed E-state index contributed by atoms with van der Waals surface area (Å²) in [7, 11) is 0. The first-order chi connectivity index (χ1) is 9.49. The molecule has 0 aliphatic heterocycles. The zero-order valence-corrected chi connectivity index (χ0v) is 9.84. The number of carbonyl (C=O) groups excluding carboxylic acids is 1. The topological polar surface area (TPSA) is 85.1 Å². The highest BCUT2D eigenvalue weighted by atomic mass is 19.1. The van der Waals surface area contributed by atoms with E-state index < -0.39 is 33.8 Å². The fourth-order valence-corrected chi connectivity index (χ4v) is 1.51. The van der Waals surface area contributed by atoms with Gasteiger partial charge in [0.05, 0.1) is 10.5 Å². The van der Waals surface area contributed by atoms with Gasteiger partial charge in [-0.2, -0.15) is 4.39 Å². The van der Waals surface area contributed by atoms with E-state index in [-0.39, 0.29) is 5.69 Å². The van der Waals surface area contributed by atoms with Crippen molar-refractivity contribution in [2.24, 2.45) is 0 Å². The molecule has 8 heteroatoms. The molecule has 0 saturated carbocycles. The predicted molar refractivity (Wildman–Crippen MR) is 65.2 cm³/mol. The number of carbonyl (C=O) groups is 1. The zero-order valence-electron chi connectivity index (χ0n) is 9.84. The lowest BCUT2D eigenvalue weighted by atomic mass is 10.2. The molecule has 1 heterocycles. The highest BCUT2D eigenvalue weighted by molar-refractivity contribution is 6.05. The van der Waals surface area contributed by atoms with Gasteiger partial charge in [0.25, 0.3) is 11.6 Å². The number of hydrogen-bond donors (Lipinski definition) is 1. The summed E-state index contributed by atoms with van der Waals surface area (Å²) < 4.78 is 26.4. The Bertz CT molecular complexity index is 691. The molecule has 1 aromatic heterocycles. The number of nitrogens with zero attached hydrogens (tertiary/aromatic N) is 2. The average molecular weight is 279 g/mol. The number of nitrogens with one attached hydrogen (secondary N) is 1. The zero-order chi connectivity index (χ0) is 14.7. The summed E-state index contributed by atoms with van der Waals surface area (Å²) in [5, 5.41) is 12.9. The van der Waals surface area contributed by atoms with Crippen molar-refractivity contribution in [3.63, 3.8) is 0 Å². The highest BCUT2D eigenvalue weighted by Gasteiger charge is 2.19. The third-order valence-electron chi connectivity index (χ3n) is 2.41. The first-order valence-corrected chi connectivity index (χ1v) is 5.35. The van der Waals surface area contributed by atoms with E-state index in [1.165, 1.54) is 6.07 Å². The number of nitro benzene ring substituents is 1. The van der Waals surface area contributed by atoms with E-state index in [1.807, 2.05) is 0 Å². The number of nitro groups is 1. The molecule has 0 unspecified atom stereocenters. The minimum atomic E-state index is -1.02. The Labute approximate surface area is 111 Å². The summed E-state index contributed by atoms with van der Waals surface area (Å²) in [4.78, 5) is 25.0. The molecule has 0 atom stereocenters. The molecule has 0 saturated heterocycles. The van der Waals surface area contributed by atoms with Crippen LogP contribution in [-0.4, -0.2) is 15.8 Å². The molecule has 20 heavy (non-hydrogen) atoms. The second-order valence-corrected chi connectivity index (χ2v) is 3.71. The summed E-state index contributed by atoms with van der Waals surface area (Å²) in [6.07, 6.45) is 1.15. The number of rotatable bonds is 3. The van der Waals surface area contributed by atoms with Crippen molar-refractivity contribution in [3.8, 4) is 0 Å². The van der Waals surface area contributed by atoms with Crippen molar-refractivity contribution in [1.29, 1.82) is 0 Å². The number of pyridine rings is 1. The SMILES string of the molecule is O=C(Nc1cc(F)ccc1[N+](=O)[O-])c1cccnc1F. The minimum Gasteiger partial charge on any atom is -0.316 e. The third kappa shape index (κ3) is 2.74. The number of halogens is 2. The summed E-state index contributed by atoms with van der Waals surface area (Å²) >= 11 is 0. The Morgan fingerprint density at radius 3 is 2.70 bits per heavy atom. The van der Waals surface area contributed by atoms with Crippen LogP contribution in [0.3, 0.4) is 0 Å². The molecule has 1 amide bonds. The monoisotopic (exact) mass is 279 g/mol. The van der Waals surface area contributed by atoms with Gasteiger partial charge in [-0.1, -0.05) is 0 Å². The van der Waals surface area contributed by atoms with Crippen LogP contribution in [-0.2, 0) is 0 Å². The Morgan fingerprint density at radius 2 is 2.05 bits per heavy atom. The average Bonchev–Trinajstić information content (AvgIpc) is 2.38. The molecule has 102 valence electrons. The highest BCUT2D eigenvalue weighted by Crippen LogP contribution is 2.25. The van der Waals surface area contributed by atoms with Gasteiger partial charge in [-0.15, -0.1) is 0 Å². The van der Waals surface area contributed by atoms with Crippen molar-refractivity contribution in [3.05, 3.63) is 64.0 Å². The molecule has 0 fully saturated rings. The molecule has 1 N–H and O–H groups in total. The van der Waals surface area contributed by atoms with Gasteiger partial charge in [-0.25, -0.2) is 9.37 Å². The van der Waals surface area contributed by atoms with Crippen LogP contribution >= 0.6 is 0 Å². The van der Waals surface area contributed by atoms with E-state index in [1.54, 1.807) is 0 Å². The first-order valence-electron chi connectivity index (χ1n) is 5.35. The maximum Gasteiger partial charge on any atom is 0.292 e. The van der Waals surface area contributed by atoms with E-state index in [4.69, 9.17) is 0 Å². The van der Waals surface area contributed by atoms with Crippen molar-refractivity contribution in [2.75, 3.05) is 5.32 Å². The largest absolute Gasteiger partial charge is 0.316 e. The van der Waals surface area contributed by atoms with Gasteiger partial charge in [0, 0.05) is 18.3 Å². The number of aromatic nitrogens is 1. The maximum absolute atomic E-state index is 13.3. The lowest BCUT2D eigenvalue weighted by Gasteiger charge is -2.06. The van der Waals surface area contributed by atoms with Crippen LogP contribution in [0.5, 0.6) is 0 Å². The Hall–Kier alpha value is -2.90.